The first-order chi connectivity index (χ1) is 15.2. The minimum absolute atomic E-state index is 0.0692. The van der Waals surface area contributed by atoms with Crippen LogP contribution < -0.4 is 4.74 Å². The number of fused-ring (bicyclic) bond motifs is 1. The molecule has 0 amide bonds. The Morgan fingerprint density at radius 1 is 0.938 bits per heavy atom. The van der Waals surface area contributed by atoms with Crippen molar-refractivity contribution in [3.63, 3.8) is 0 Å². The second-order valence-corrected chi connectivity index (χ2v) is 9.41. The molecular weight excluding hydrogens is 398 g/mol. The van der Waals surface area contributed by atoms with Gasteiger partial charge in [-0.05, 0) is 47.4 Å². The highest BCUT2D eigenvalue weighted by Gasteiger charge is 2.31. The number of allylic oxidation sites excluding steroid dienone is 1. The maximum atomic E-state index is 13.0. The minimum atomic E-state index is -0.160. The van der Waals surface area contributed by atoms with Crippen LogP contribution in [0.3, 0.4) is 0 Å². The van der Waals surface area contributed by atoms with Gasteiger partial charge in [0.25, 0.3) is 0 Å². The van der Waals surface area contributed by atoms with Gasteiger partial charge in [0.05, 0.1) is 11.1 Å². The third kappa shape index (κ3) is 4.61. The summed E-state index contributed by atoms with van der Waals surface area (Å²) in [7, 11) is 1.98. The highest BCUT2D eigenvalue weighted by molar-refractivity contribution is 6.15. The van der Waals surface area contributed by atoms with E-state index in [9.17, 15) is 9.90 Å². The van der Waals surface area contributed by atoms with Crippen LogP contribution in [0.5, 0.6) is 11.5 Å². The molecule has 0 aliphatic carbocycles. The molecule has 0 radical (unpaired) electrons. The summed E-state index contributed by atoms with van der Waals surface area (Å²) in [5.74, 6) is 0.702. The van der Waals surface area contributed by atoms with Gasteiger partial charge in [0, 0.05) is 13.1 Å². The van der Waals surface area contributed by atoms with Crippen molar-refractivity contribution in [2.75, 3.05) is 7.05 Å². The van der Waals surface area contributed by atoms with Crippen LogP contribution in [0.15, 0.2) is 72.5 Å². The Labute approximate surface area is 189 Å². The van der Waals surface area contributed by atoms with Gasteiger partial charge in [-0.2, -0.15) is 0 Å². The van der Waals surface area contributed by atoms with Crippen LogP contribution in [-0.4, -0.2) is 22.8 Å². The first-order valence-electron chi connectivity index (χ1n) is 10.8. The largest absolute Gasteiger partial charge is 0.507 e. The molecule has 0 unspecified atom stereocenters. The molecule has 0 fully saturated rings. The van der Waals surface area contributed by atoms with E-state index in [1.807, 2.05) is 37.4 Å². The molecule has 4 rings (SSSR count). The van der Waals surface area contributed by atoms with Crippen LogP contribution in [-0.2, 0) is 18.5 Å². The maximum Gasteiger partial charge on any atom is 0.231 e. The zero-order valence-corrected chi connectivity index (χ0v) is 19.1. The summed E-state index contributed by atoms with van der Waals surface area (Å²) in [5.41, 5.74) is 4.50. The van der Waals surface area contributed by atoms with Crippen molar-refractivity contribution in [2.24, 2.45) is 0 Å². The number of rotatable bonds is 5. The van der Waals surface area contributed by atoms with E-state index in [1.54, 1.807) is 18.2 Å². The fraction of sp³-hybridized carbons (Fsp3) is 0.250. The van der Waals surface area contributed by atoms with E-state index in [0.29, 0.717) is 23.4 Å². The van der Waals surface area contributed by atoms with E-state index in [0.717, 1.165) is 12.1 Å². The van der Waals surface area contributed by atoms with Gasteiger partial charge in [0.2, 0.25) is 5.78 Å². The van der Waals surface area contributed by atoms with Gasteiger partial charge in [-0.3, -0.25) is 9.69 Å². The first-order valence-corrected chi connectivity index (χ1v) is 10.8. The molecule has 1 N–H and O–H groups in total. The molecule has 0 aromatic heterocycles. The van der Waals surface area contributed by atoms with Crippen LogP contribution in [0.4, 0.5) is 0 Å². The van der Waals surface area contributed by atoms with Gasteiger partial charge >= 0.3 is 0 Å². The van der Waals surface area contributed by atoms with Gasteiger partial charge in [-0.15, -0.1) is 0 Å². The number of ether oxygens (including phenoxy) is 1. The fourth-order valence-corrected chi connectivity index (χ4v) is 3.90. The Bertz CT molecular complexity index is 1160. The van der Waals surface area contributed by atoms with Crippen LogP contribution in [0.1, 0.15) is 53.4 Å². The molecule has 1 heterocycles. The van der Waals surface area contributed by atoms with Crippen molar-refractivity contribution in [2.45, 2.75) is 39.3 Å². The maximum absolute atomic E-state index is 13.0. The van der Waals surface area contributed by atoms with Gasteiger partial charge in [0.1, 0.15) is 11.5 Å². The molecule has 0 spiro atoms. The number of nitrogens with zero attached hydrogens (tertiary/aromatic N) is 1. The van der Waals surface area contributed by atoms with Crippen LogP contribution in [0, 0.1) is 0 Å². The van der Waals surface area contributed by atoms with Crippen molar-refractivity contribution >= 4 is 11.9 Å². The number of benzene rings is 3. The smallest absolute Gasteiger partial charge is 0.231 e. The average molecular weight is 428 g/mol. The molecular formula is C28H29NO3. The predicted octanol–water partition coefficient (Wildman–Crippen LogP) is 5.94. The second kappa shape index (κ2) is 8.64. The van der Waals surface area contributed by atoms with Crippen molar-refractivity contribution in [1.29, 1.82) is 0 Å². The number of Topliss-reactive ketones (excluding diaryl/α,β-unsaturated/α-hetero) is 1. The number of aromatic hydroxyl groups is 1. The predicted molar refractivity (Wildman–Crippen MR) is 128 cm³/mol. The standard InChI is InChI=1S/C28H29NO3/c1-28(2,3)21-12-10-19(11-13-21)16-25-26(31)22-14-15-24(30)23(27(22)32-25)18-29(4)17-20-8-6-5-7-9-20/h5-16,30H,17-18H2,1-4H3/b25-16-. The Hall–Kier alpha value is -3.37. The molecule has 4 nitrogen and oxygen atoms in total. The summed E-state index contributed by atoms with van der Waals surface area (Å²) >= 11 is 0. The first kappa shape index (κ1) is 21.8. The van der Waals surface area contributed by atoms with Crippen LogP contribution in [0.25, 0.3) is 6.08 Å². The van der Waals surface area contributed by atoms with Gasteiger partial charge in [0.15, 0.2) is 5.76 Å². The SMILES string of the molecule is CN(Cc1ccccc1)Cc1c(O)ccc2c1O/C(=C\c1ccc(C(C)(C)C)cc1)C2=O. The minimum Gasteiger partial charge on any atom is -0.507 e. The van der Waals surface area contributed by atoms with Gasteiger partial charge < -0.3 is 9.84 Å². The molecule has 32 heavy (non-hydrogen) atoms. The van der Waals surface area contributed by atoms with Crippen molar-refractivity contribution in [1.82, 2.24) is 4.90 Å². The van der Waals surface area contributed by atoms with E-state index in [2.05, 4.69) is 49.9 Å². The second-order valence-electron chi connectivity index (χ2n) is 9.41. The quantitative estimate of drug-likeness (QED) is 0.512. The number of phenolic OH excluding ortho intramolecular Hbond substituents is 1. The Morgan fingerprint density at radius 3 is 2.28 bits per heavy atom. The topological polar surface area (TPSA) is 49.8 Å². The van der Waals surface area contributed by atoms with Crippen molar-refractivity contribution in [3.05, 3.63) is 100 Å². The van der Waals surface area contributed by atoms with Gasteiger partial charge in [-0.1, -0.05) is 75.4 Å². The highest BCUT2D eigenvalue weighted by atomic mass is 16.5. The Kier molecular flexibility index (Phi) is 5.90. The highest BCUT2D eigenvalue weighted by Crippen LogP contribution is 2.40. The molecule has 0 saturated carbocycles. The molecule has 3 aromatic rings. The summed E-state index contributed by atoms with van der Waals surface area (Å²) < 4.78 is 6.01. The fourth-order valence-electron chi connectivity index (χ4n) is 3.90. The zero-order valence-electron chi connectivity index (χ0n) is 19.1. The number of hydrogen-bond donors (Lipinski definition) is 1. The third-order valence-corrected chi connectivity index (χ3v) is 5.71. The summed E-state index contributed by atoms with van der Waals surface area (Å²) in [6, 6.07) is 21.5. The molecule has 1 aliphatic rings. The zero-order chi connectivity index (χ0) is 22.9. The van der Waals surface area contributed by atoms with Crippen molar-refractivity contribution in [3.8, 4) is 11.5 Å². The normalized spacial score (nSPS) is 14.7. The average Bonchev–Trinajstić information content (AvgIpc) is 3.06. The number of carbonyl (C=O) groups is 1. The van der Waals surface area contributed by atoms with Crippen molar-refractivity contribution < 1.29 is 14.6 Å². The molecule has 0 atom stereocenters. The third-order valence-electron chi connectivity index (χ3n) is 5.71. The molecule has 0 bridgehead atoms. The summed E-state index contributed by atoms with van der Waals surface area (Å²) in [6.07, 6.45) is 1.77. The molecule has 164 valence electrons. The van der Waals surface area contributed by atoms with Gasteiger partial charge in [-0.25, -0.2) is 0 Å². The Morgan fingerprint density at radius 2 is 1.62 bits per heavy atom. The lowest BCUT2D eigenvalue weighted by Gasteiger charge is -2.19. The lowest BCUT2D eigenvalue weighted by Crippen LogP contribution is -2.17. The lowest BCUT2D eigenvalue weighted by atomic mass is 9.86. The molecule has 1 aliphatic heterocycles. The molecule has 4 heteroatoms. The van der Waals surface area contributed by atoms with E-state index >= 15 is 0 Å². The number of ketones is 1. The number of phenols is 1. The summed E-state index contributed by atoms with van der Waals surface area (Å²) in [5, 5.41) is 10.5. The molecule has 3 aromatic carbocycles. The van der Waals surface area contributed by atoms with E-state index < -0.39 is 0 Å². The van der Waals surface area contributed by atoms with Crippen LogP contribution >= 0.6 is 0 Å². The monoisotopic (exact) mass is 427 g/mol. The van der Waals surface area contributed by atoms with Crippen LogP contribution in [0.2, 0.25) is 0 Å². The molecule has 0 saturated heterocycles. The number of hydrogen-bond acceptors (Lipinski definition) is 4. The van der Waals surface area contributed by atoms with E-state index in [4.69, 9.17) is 4.74 Å². The van der Waals surface area contributed by atoms with E-state index in [-0.39, 0.29) is 22.7 Å². The van der Waals surface area contributed by atoms with E-state index in [1.165, 1.54) is 11.1 Å². The summed E-state index contributed by atoms with van der Waals surface area (Å²) in [6.45, 7) is 7.70. The number of carbonyl (C=O) groups excluding carboxylic acids is 1. The Balaban J connectivity index is 1.57. The summed E-state index contributed by atoms with van der Waals surface area (Å²) in [4.78, 5) is 15.1. The lowest BCUT2D eigenvalue weighted by molar-refractivity contribution is 0.101.